The van der Waals surface area contributed by atoms with Gasteiger partial charge in [0, 0.05) is 24.2 Å². The normalized spacial score (nSPS) is 23.5. The third-order valence-electron chi connectivity index (χ3n) is 8.29. The minimum atomic E-state index is -0.0983. The van der Waals surface area contributed by atoms with Crippen molar-refractivity contribution in [3.8, 4) is 0 Å². The van der Waals surface area contributed by atoms with Gasteiger partial charge in [-0.15, -0.1) is 0 Å². The Hall–Kier alpha value is -0.101. The molecule has 33 heavy (non-hydrogen) atoms. The quantitative estimate of drug-likeness (QED) is 0.277. The predicted octanol–water partition coefficient (Wildman–Crippen LogP) is 7.24. The van der Waals surface area contributed by atoms with Gasteiger partial charge in [0.15, 0.2) is 0 Å². The van der Waals surface area contributed by atoms with E-state index in [0.717, 1.165) is 0 Å². The topological polar surface area (TPSA) is 40.6 Å². The second-order valence-electron chi connectivity index (χ2n) is 10.5. The first kappa shape index (κ1) is 29.1. The number of rotatable bonds is 4. The molecule has 0 spiro atoms. The molecule has 0 atom stereocenters. The molecule has 4 saturated carbocycles. The molecule has 4 fully saturated rings. The Kier molecular flexibility index (Phi) is 14.0. The molecule has 7 heteroatoms. The van der Waals surface area contributed by atoms with Gasteiger partial charge in [0.1, 0.15) is 10.5 Å². The van der Waals surface area contributed by atoms with Crippen LogP contribution in [0, 0.1) is 0 Å². The van der Waals surface area contributed by atoms with Crippen LogP contribution in [0.3, 0.4) is 0 Å². The van der Waals surface area contributed by atoms with Crippen LogP contribution in [0.2, 0.25) is 0 Å². The molecule has 0 aromatic heterocycles. The predicted molar refractivity (Wildman–Crippen MR) is 137 cm³/mol. The molecule has 0 aromatic carbocycles. The van der Waals surface area contributed by atoms with Gasteiger partial charge in [-0.3, -0.25) is 0 Å². The van der Waals surface area contributed by atoms with Gasteiger partial charge in [-0.1, -0.05) is 77.0 Å². The average Bonchev–Trinajstić information content (AvgIpc) is 2.82. The number of carbonyl (C=O) groups is 2. The van der Waals surface area contributed by atoms with Crippen molar-refractivity contribution >= 4 is 35.7 Å². The Morgan fingerprint density at radius 2 is 0.606 bits per heavy atom. The summed E-state index contributed by atoms with van der Waals surface area (Å²) in [6, 6.07) is 1.84. The zero-order valence-corrected chi connectivity index (χ0v) is 22.9. The SMILES string of the molecule is O=C([S-])N(C1CCCCC1)C1CCCCC1.O=C([S-])N(C1CCCCC1)C1CCCCC1.[Cu+2]. The van der Waals surface area contributed by atoms with Crippen molar-refractivity contribution in [3.63, 3.8) is 0 Å². The van der Waals surface area contributed by atoms with Gasteiger partial charge >= 0.3 is 17.1 Å². The summed E-state index contributed by atoms with van der Waals surface area (Å²) < 4.78 is 0. The zero-order valence-electron chi connectivity index (χ0n) is 20.3. The molecule has 0 unspecified atom stereocenters. The van der Waals surface area contributed by atoms with E-state index < -0.39 is 0 Å². The van der Waals surface area contributed by atoms with Crippen LogP contribution in [0.5, 0.6) is 0 Å². The van der Waals surface area contributed by atoms with Gasteiger partial charge in [-0.05, 0) is 51.4 Å². The summed E-state index contributed by atoms with van der Waals surface area (Å²) in [4.78, 5) is 27.5. The van der Waals surface area contributed by atoms with Gasteiger partial charge < -0.3 is 44.6 Å². The summed E-state index contributed by atoms with van der Waals surface area (Å²) in [7, 11) is 0. The molecule has 4 aliphatic carbocycles. The Morgan fingerprint density at radius 1 is 0.424 bits per heavy atom. The molecule has 4 rings (SSSR count). The molecule has 2 amide bonds. The van der Waals surface area contributed by atoms with E-state index in [1.165, 1.54) is 128 Å². The first-order valence-electron chi connectivity index (χ1n) is 13.6. The maximum Gasteiger partial charge on any atom is 2.00 e. The molecule has 0 aliphatic heterocycles. The van der Waals surface area contributed by atoms with Crippen LogP contribution in [-0.4, -0.2) is 44.4 Å². The smallest absolute Gasteiger partial charge is 0.719 e. The van der Waals surface area contributed by atoms with E-state index in [2.05, 4.69) is 9.80 Å². The van der Waals surface area contributed by atoms with Crippen molar-refractivity contribution in [2.24, 2.45) is 0 Å². The summed E-state index contributed by atoms with van der Waals surface area (Å²) in [5.41, 5.74) is 0. The number of hydrogen-bond donors (Lipinski definition) is 0. The molecule has 0 aromatic rings. The van der Waals surface area contributed by atoms with E-state index in [1.54, 1.807) is 0 Å². The van der Waals surface area contributed by atoms with Gasteiger partial charge in [0.25, 0.3) is 0 Å². The van der Waals surface area contributed by atoms with E-state index in [0.29, 0.717) is 24.2 Å². The van der Waals surface area contributed by atoms with Crippen LogP contribution in [0.25, 0.3) is 0 Å². The van der Waals surface area contributed by atoms with Crippen LogP contribution in [-0.2, 0) is 42.3 Å². The van der Waals surface area contributed by atoms with Crippen LogP contribution in [0.4, 0.5) is 9.59 Å². The molecule has 4 nitrogen and oxygen atoms in total. The third-order valence-corrected chi connectivity index (χ3v) is 8.72. The molecule has 0 N–H and O–H groups in total. The summed E-state index contributed by atoms with van der Waals surface area (Å²) in [6.07, 6.45) is 25.0. The molecule has 0 bridgehead atoms. The summed E-state index contributed by atoms with van der Waals surface area (Å²) in [5, 5.41) is -0.197. The fraction of sp³-hybridized carbons (Fsp3) is 0.923. The molecular weight excluding hydrogens is 500 g/mol. The fourth-order valence-electron chi connectivity index (χ4n) is 6.63. The molecular formula is C26H44CuN2O2S2. The number of carbonyl (C=O) groups excluding carboxylic acids is 2. The van der Waals surface area contributed by atoms with Crippen molar-refractivity contribution in [3.05, 3.63) is 0 Å². The second kappa shape index (κ2) is 15.8. The van der Waals surface area contributed by atoms with Crippen molar-refractivity contribution in [2.75, 3.05) is 0 Å². The molecule has 1 radical (unpaired) electrons. The minimum Gasteiger partial charge on any atom is -0.719 e. The first-order valence-corrected chi connectivity index (χ1v) is 14.4. The maximum absolute atomic E-state index is 11.7. The standard InChI is InChI=1S/2C13H23NOS.Cu/c2*15-13(16)14(11-7-3-1-4-8-11)12-9-5-2-6-10-12;/h2*11-12H,1-10H2,(H,15,16);/q;;+2/p-2. The van der Waals surface area contributed by atoms with Crippen LogP contribution >= 0.6 is 0 Å². The Bertz CT molecular complexity index is 485. The summed E-state index contributed by atoms with van der Waals surface area (Å²) in [5.74, 6) is 0. The fourth-order valence-corrected chi connectivity index (χ4v) is 7.23. The number of hydrogen-bond acceptors (Lipinski definition) is 4. The van der Waals surface area contributed by atoms with E-state index in [1.807, 2.05) is 0 Å². The van der Waals surface area contributed by atoms with Crippen molar-refractivity contribution in [2.45, 2.75) is 153 Å². The number of nitrogens with zero attached hydrogens (tertiary/aromatic N) is 2. The van der Waals surface area contributed by atoms with Gasteiger partial charge in [0.2, 0.25) is 0 Å². The molecule has 193 valence electrons. The van der Waals surface area contributed by atoms with E-state index in [-0.39, 0.29) is 27.5 Å². The van der Waals surface area contributed by atoms with Crippen LogP contribution in [0.1, 0.15) is 128 Å². The van der Waals surface area contributed by atoms with Gasteiger partial charge in [0.05, 0.1) is 0 Å². The van der Waals surface area contributed by atoms with Crippen LogP contribution in [0.15, 0.2) is 0 Å². The minimum absolute atomic E-state index is 0. The van der Waals surface area contributed by atoms with E-state index >= 15 is 0 Å². The van der Waals surface area contributed by atoms with Gasteiger partial charge in [-0.2, -0.15) is 0 Å². The monoisotopic (exact) mass is 543 g/mol. The maximum atomic E-state index is 11.7. The number of amides is 2. The molecule has 4 aliphatic rings. The third kappa shape index (κ3) is 9.13. The average molecular weight is 544 g/mol. The van der Waals surface area contributed by atoms with Gasteiger partial charge in [-0.25, -0.2) is 0 Å². The Morgan fingerprint density at radius 3 is 0.758 bits per heavy atom. The van der Waals surface area contributed by atoms with Crippen molar-refractivity contribution in [1.29, 1.82) is 0 Å². The van der Waals surface area contributed by atoms with Crippen molar-refractivity contribution in [1.82, 2.24) is 9.80 Å². The Labute approximate surface area is 224 Å². The largest absolute Gasteiger partial charge is 2.00 e. The Balaban J connectivity index is 0.000000227. The van der Waals surface area contributed by atoms with Crippen LogP contribution < -0.4 is 0 Å². The zero-order chi connectivity index (χ0) is 22.8. The van der Waals surface area contributed by atoms with Crippen molar-refractivity contribution < 1.29 is 26.7 Å². The second-order valence-corrected chi connectivity index (χ2v) is 11.2. The van der Waals surface area contributed by atoms with E-state index in [4.69, 9.17) is 25.3 Å². The molecule has 0 saturated heterocycles. The van der Waals surface area contributed by atoms with E-state index in [9.17, 15) is 9.59 Å². The first-order chi connectivity index (χ1) is 15.6. The summed E-state index contributed by atoms with van der Waals surface area (Å²) in [6.45, 7) is 0. The summed E-state index contributed by atoms with van der Waals surface area (Å²) >= 11 is 9.90. The molecule has 0 heterocycles.